The van der Waals surface area contributed by atoms with Crippen molar-refractivity contribution in [2.24, 2.45) is 0 Å². The molecule has 8 rings (SSSR count). The van der Waals surface area contributed by atoms with Crippen molar-refractivity contribution in [2.75, 3.05) is 9.80 Å². The maximum absolute atomic E-state index is 2.30. The first-order valence-corrected chi connectivity index (χ1v) is 18.0. The first kappa shape index (κ1) is 32.8. The molecule has 52 heavy (non-hydrogen) atoms. The molecule has 0 radical (unpaired) electrons. The molecular formula is C50H42N2. The number of aryl methyl sites for hydroxylation is 4. The summed E-state index contributed by atoms with van der Waals surface area (Å²) in [5.41, 5.74) is 19.6. The van der Waals surface area contributed by atoms with Crippen molar-refractivity contribution in [3.63, 3.8) is 0 Å². The summed E-state index contributed by atoms with van der Waals surface area (Å²) < 4.78 is 0. The van der Waals surface area contributed by atoms with Crippen LogP contribution in [-0.2, 0) is 0 Å². The van der Waals surface area contributed by atoms with Crippen molar-refractivity contribution in [3.05, 3.63) is 216 Å². The van der Waals surface area contributed by atoms with E-state index in [4.69, 9.17) is 0 Å². The molecular weight excluding hydrogens is 629 g/mol. The van der Waals surface area contributed by atoms with E-state index in [1.165, 1.54) is 89.3 Å². The van der Waals surface area contributed by atoms with Crippen LogP contribution in [0, 0.1) is 27.7 Å². The number of nitrogens with zero attached hydrogens (tertiary/aromatic N) is 2. The van der Waals surface area contributed by atoms with Crippen LogP contribution in [0.2, 0.25) is 0 Å². The fraction of sp³-hybridized carbons (Fsp3) is 0.0800. The van der Waals surface area contributed by atoms with Gasteiger partial charge in [0, 0.05) is 35.9 Å². The molecule has 2 aliphatic heterocycles. The van der Waals surface area contributed by atoms with Gasteiger partial charge in [0.1, 0.15) is 0 Å². The Kier molecular flexibility index (Phi) is 8.89. The van der Waals surface area contributed by atoms with Gasteiger partial charge in [0.2, 0.25) is 0 Å². The Balaban J connectivity index is 1.05. The molecule has 0 amide bonds. The van der Waals surface area contributed by atoms with Crippen LogP contribution in [0.5, 0.6) is 0 Å². The van der Waals surface area contributed by atoms with Gasteiger partial charge in [-0.1, -0.05) is 132 Å². The standard InChI is InChI=1S/C50H42N2/c1-35-31-37(3)49(47(33-35)45-19-15-41(16-20-45)39-11-7-5-8-12-39)51-27-23-43(24-28-51)44-25-29-52(30-26-44)50-38(4)32-36(2)34-48(50)46-21-17-42(18-22-46)40-13-9-6-10-14-40/h5-34H,1-4H3. The number of hydrogen-bond donors (Lipinski definition) is 0. The summed E-state index contributed by atoms with van der Waals surface area (Å²) in [7, 11) is 0. The predicted octanol–water partition coefficient (Wildman–Crippen LogP) is 13.3. The number of anilines is 2. The van der Waals surface area contributed by atoms with Gasteiger partial charge in [-0.05, 0) is 120 Å². The number of rotatable bonds is 6. The summed E-state index contributed by atoms with van der Waals surface area (Å²) in [6.07, 6.45) is 17.6. The van der Waals surface area contributed by atoms with E-state index in [0.717, 1.165) is 0 Å². The van der Waals surface area contributed by atoms with E-state index >= 15 is 0 Å². The van der Waals surface area contributed by atoms with Crippen molar-refractivity contribution in [3.8, 4) is 44.5 Å². The summed E-state index contributed by atoms with van der Waals surface area (Å²) in [5.74, 6) is 0. The van der Waals surface area contributed by atoms with Crippen LogP contribution < -0.4 is 9.80 Å². The average Bonchev–Trinajstić information content (AvgIpc) is 3.18. The maximum atomic E-state index is 2.30. The smallest absolute Gasteiger partial charge is 0.0557 e. The Labute approximate surface area is 308 Å². The van der Waals surface area contributed by atoms with Gasteiger partial charge in [-0.25, -0.2) is 0 Å². The zero-order valence-electron chi connectivity index (χ0n) is 30.2. The highest BCUT2D eigenvalue weighted by Crippen LogP contribution is 2.40. The first-order valence-electron chi connectivity index (χ1n) is 18.0. The molecule has 6 aromatic rings. The molecule has 0 N–H and O–H groups in total. The van der Waals surface area contributed by atoms with Crippen LogP contribution in [0.15, 0.2) is 194 Å². The topological polar surface area (TPSA) is 6.48 Å². The molecule has 6 aromatic carbocycles. The Bertz CT molecular complexity index is 2200. The van der Waals surface area contributed by atoms with Crippen LogP contribution in [0.3, 0.4) is 0 Å². The second-order valence-corrected chi connectivity index (χ2v) is 13.8. The second-order valence-electron chi connectivity index (χ2n) is 13.8. The van der Waals surface area contributed by atoms with Gasteiger partial charge < -0.3 is 9.80 Å². The predicted molar refractivity (Wildman–Crippen MR) is 222 cm³/mol. The minimum absolute atomic E-state index is 1.18. The molecule has 2 heteroatoms. The van der Waals surface area contributed by atoms with Gasteiger partial charge >= 0.3 is 0 Å². The van der Waals surface area contributed by atoms with Crippen molar-refractivity contribution < 1.29 is 0 Å². The third kappa shape index (κ3) is 6.59. The summed E-state index contributed by atoms with van der Waals surface area (Å²) in [6.45, 7) is 8.77. The third-order valence-electron chi connectivity index (χ3n) is 10.0. The van der Waals surface area contributed by atoms with Crippen LogP contribution in [0.25, 0.3) is 44.5 Å². The monoisotopic (exact) mass is 670 g/mol. The summed E-state index contributed by atoms with van der Waals surface area (Å²) in [5, 5.41) is 0. The van der Waals surface area contributed by atoms with Gasteiger partial charge in [0.25, 0.3) is 0 Å². The van der Waals surface area contributed by atoms with Gasteiger partial charge in [0.15, 0.2) is 0 Å². The molecule has 0 saturated heterocycles. The van der Waals surface area contributed by atoms with Crippen molar-refractivity contribution in [2.45, 2.75) is 27.7 Å². The lowest BCUT2D eigenvalue weighted by atomic mass is 9.94. The number of allylic oxidation sites excluding steroid dienone is 6. The lowest BCUT2D eigenvalue weighted by Crippen LogP contribution is -2.14. The van der Waals surface area contributed by atoms with Crippen LogP contribution in [0.4, 0.5) is 11.4 Å². The SMILES string of the molecule is Cc1cc(C)c(N2C=CC(=C3C=CN(c4c(C)cc(C)cc4-c4ccc(-c5ccccc5)cc4)C=C3)C=C2)c(-c2ccc(-c3ccccc3)cc2)c1. The normalized spacial score (nSPS) is 13.7. The van der Waals surface area contributed by atoms with Crippen LogP contribution >= 0.6 is 0 Å². The summed E-state index contributed by atoms with van der Waals surface area (Å²) in [6, 6.07) is 48.2. The molecule has 0 fully saturated rings. The minimum Gasteiger partial charge on any atom is -0.323 e. The molecule has 0 spiro atoms. The van der Waals surface area contributed by atoms with Crippen LogP contribution in [0.1, 0.15) is 22.3 Å². The minimum atomic E-state index is 1.18. The fourth-order valence-electron chi connectivity index (χ4n) is 7.53. The van der Waals surface area contributed by atoms with Gasteiger partial charge in [-0.3, -0.25) is 0 Å². The molecule has 2 heterocycles. The summed E-state index contributed by atoms with van der Waals surface area (Å²) >= 11 is 0. The van der Waals surface area contributed by atoms with Crippen molar-refractivity contribution in [1.82, 2.24) is 0 Å². The Morgan fingerprint density at radius 2 is 0.635 bits per heavy atom. The largest absolute Gasteiger partial charge is 0.323 e. The van der Waals surface area contributed by atoms with Crippen molar-refractivity contribution >= 4 is 11.4 Å². The number of hydrogen-bond acceptors (Lipinski definition) is 2. The molecule has 0 aromatic heterocycles. The van der Waals surface area contributed by atoms with Gasteiger partial charge in [-0.15, -0.1) is 0 Å². The van der Waals surface area contributed by atoms with Crippen LogP contribution in [-0.4, -0.2) is 0 Å². The highest BCUT2D eigenvalue weighted by Gasteiger charge is 2.18. The summed E-state index contributed by atoms with van der Waals surface area (Å²) in [4.78, 5) is 4.51. The van der Waals surface area contributed by atoms with E-state index in [1.807, 2.05) is 0 Å². The van der Waals surface area contributed by atoms with E-state index in [0.29, 0.717) is 0 Å². The zero-order valence-corrected chi connectivity index (χ0v) is 30.2. The second kappa shape index (κ2) is 14.1. The van der Waals surface area contributed by atoms with E-state index in [9.17, 15) is 0 Å². The van der Waals surface area contributed by atoms with Gasteiger partial charge in [0.05, 0.1) is 11.4 Å². The van der Waals surface area contributed by atoms with E-state index in [1.54, 1.807) is 0 Å². The Morgan fingerprint density at radius 1 is 0.327 bits per heavy atom. The van der Waals surface area contributed by atoms with E-state index in [-0.39, 0.29) is 0 Å². The molecule has 0 aliphatic carbocycles. The highest BCUT2D eigenvalue weighted by molar-refractivity contribution is 5.86. The molecule has 0 unspecified atom stereocenters. The third-order valence-corrected chi connectivity index (χ3v) is 10.0. The quantitative estimate of drug-likeness (QED) is 0.174. The first-order chi connectivity index (χ1) is 25.4. The average molecular weight is 671 g/mol. The molecule has 0 bridgehead atoms. The van der Waals surface area contributed by atoms with E-state index in [2.05, 4.69) is 220 Å². The molecule has 0 saturated carbocycles. The lowest BCUT2D eigenvalue weighted by Gasteiger charge is -2.27. The van der Waals surface area contributed by atoms with E-state index < -0.39 is 0 Å². The fourth-order valence-corrected chi connectivity index (χ4v) is 7.53. The Hall–Kier alpha value is -6.38. The molecule has 2 nitrogen and oxygen atoms in total. The molecule has 0 atom stereocenters. The highest BCUT2D eigenvalue weighted by atomic mass is 15.1. The van der Waals surface area contributed by atoms with Crippen molar-refractivity contribution in [1.29, 1.82) is 0 Å². The van der Waals surface area contributed by atoms with Gasteiger partial charge in [-0.2, -0.15) is 0 Å². The lowest BCUT2D eigenvalue weighted by molar-refractivity contribution is 1.19. The Morgan fingerprint density at radius 3 is 0.981 bits per heavy atom. The molecule has 2 aliphatic rings. The zero-order chi connectivity index (χ0) is 35.6. The number of benzene rings is 6. The molecule has 252 valence electrons. The maximum Gasteiger partial charge on any atom is 0.0557 e.